The highest BCUT2D eigenvalue weighted by Gasteiger charge is 2.28. The lowest BCUT2D eigenvalue weighted by Gasteiger charge is -2.28. The Morgan fingerprint density at radius 2 is 1.67 bits per heavy atom. The van der Waals surface area contributed by atoms with Crippen molar-refractivity contribution in [3.8, 4) is 0 Å². The van der Waals surface area contributed by atoms with E-state index < -0.39 is 5.54 Å². The minimum atomic E-state index is -0.818. The maximum atomic E-state index is 13.9. The van der Waals surface area contributed by atoms with Crippen LogP contribution < -0.4 is 5.73 Å². The second-order valence-electron chi connectivity index (χ2n) is 5.00. The lowest BCUT2D eigenvalue weighted by molar-refractivity contribution is 0.528. The largest absolute Gasteiger partial charge is 0.318 e. The van der Waals surface area contributed by atoms with Gasteiger partial charge in [-0.15, -0.1) is 0 Å². The Hall–Kier alpha value is -1.67. The minimum absolute atomic E-state index is 0.261. The third kappa shape index (κ3) is 2.16. The standard InChI is InChI=1S/C16H18FN/c1-11-8-9-12(2)14(10-11)16(3,18)13-6-4-5-7-15(13)17/h4-10H,18H2,1-3H3. The zero-order chi connectivity index (χ0) is 13.3. The Kier molecular flexibility index (Phi) is 3.22. The van der Waals surface area contributed by atoms with Crippen molar-refractivity contribution in [3.63, 3.8) is 0 Å². The zero-order valence-corrected chi connectivity index (χ0v) is 11.0. The molecule has 0 aliphatic rings. The van der Waals surface area contributed by atoms with E-state index in [2.05, 4.69) is 0 Å². The highest BCUT2D eigenvalue weighted by Crippen LogP contribution is 2.31. The second kappa shape index (κ2) is 4.54. The first-order chi connectivity index (χ1) is 8.43. The van der Waals surface area contributed by atoms with Crippen LogP contribution in [-0.4, -0.2) is 0 Å². The van der Waals surface area contributed by atoms with Crippen LogP contribution in [0.15, 0.2) is 42.5 Å². The highest BCUT2D eigenvalue weighted by molar-refractivity contribution is 5.43. The van der Waals surface area contributed by atoms with Gasteiger partial charge >= 0.3 is 0 Å². The van der Waals surface area contributed by atoms with Gasteiger partial charge in [0.15, 0.2) is 0 Å². The maximum absolute atomic E-state index is 13.9. The quantitative estimate of drug-likeness (QED) is 0.855. The van der Waals surface area contributed by atoms with Crippen molar-refractivity contribution < 1.29 is 4.39 Å². The molecule has 1 atom stereocenters. The summed E-state index contributed by atoms with van der Waals surface area (Å²) >= 11 is 0. The van der Waals surface area contributed by atoms with E-state index >= 15 is 0 Å². The summed E-state index contributed by atoms with van der Waals surface area (Å²) in [6.07, 6.45) is 0. The zero-order valence-electron chi connectivity index (χ0n) is 11.0. The molecule has 0 aliphatic heterocycles. The van der Waals surface area contributed by atoms with E-state index in [1.807, 2.05) is 45.0 Å². The molecular formula is C16H18FN. The van der Waals surface area contributed by atoms with Gasteiger partial charge in [-0.25, -0.2) is 4.39 Å². The Balaban J connectivity index is 2.61. The van der Waals surface area contributed by atoms with Crippen molar-refractivity contribution in [3.05, 3.63) is 70.5 Å². The molecule has 0 saturated heterocycles. The Morgan fingerprint density at radius 3 is 2.33 bits per heavy atom. The molecule has 0 saturated carbocycles. The van der Waals surface area contributed by atoms with Crippen molar-refractivity contribution in [2.75, 3.05) is 0 Å². The van der Waals surface area contributed by atoms with Gasteiger partial charge in [-0.2, -0.15) is 0 Å². The van der Waals surface area contributed by atoms with Crippen LogP contribution in [0.3, 0.4) is 0 Å². The van der Waals surface area contributed by atoms with Crippen molar-refractivity contribution in [2.45, 2.75) is 26.3 Å². The average Bonchev–Trinajstić information content (AvgIpc) is 2.32. The fourth-order valence-electron chi connectivity index (χ4n) is 2.32. The van der Waals surface area contributed by atoms with Crippen LogP contribution >= 0.6 is 0 Å². The van der Waals surface area contributed by atoms with Crippen LogP contribution in [0.1, 0.15) is 29.2 Å². The molecule has 1 nitrogen and oxygen atoms in total. The molecule has 2 N–H and O–H groups in total. The summed E-state index contributed by atoms with van der Waals surface area (Å²) in [7, 11) is 0. The van der Waals surface area contributed by atoms with E-state index in [0.29, 0.717) is 5.56 Å². The van der Waals surface area contributed by atoms with Crippen molar-refractivity contribution in [1.82, 2.24) is 0 Å². The first-order valence-corrected chi connectivity index (χ1v) is 6.04. The Labute approximate surface area is 107 Å². The van der Waals surface area contributed by atoms with Crippen molar-refractivity contribution in [1.29, 1.82) is 0 Å². The molecule has 1 unspecified atom stereocenters. The molecule has 0 spiro atoms. The summed E-state index contributed by atoms with van der Waals surface area (Å²) in [5.74, 6) is -0.261. The van der Waals surface area contributed by atoms with E-state index in [0.717, 1.165) is 16.7 Å². The van der Waals surface area contributed by atoms with E-state index in [4.69, 9.17) is 5.73 Å². The minimum Gasteiger partial charge on any atom is -0.318 e. The Bertz CT molecular complexity index is 573. The van der Waals surface area contributed by atoms with Crippen LogP contribution in [0.2, 0.25) is 0 Å². The van der Waals surface area contributed by atoms with Crippen LogP contribution in [-0.2, 0) is 5.54 Å². The predicted octanol–water partition coefficient (Wildman–Crippen LogP) is 3.66. The summed E-state index contributed by atoms with van der Waals surface area (Å²) in [6, 6.07) is 12.8. The number of halogens is 1. The molecular weight excluding hydrogens is 225 g/mol. The van der Waals surface area contributed by atoms with Gasteiger partial charge < -0.3 is 5.73 Å². The molecule has 18 heavy (non-hydrogen) atoms. The van der Waals surface area contributed by atoms with Gasteiger partial charge in [0.2, 0.25) is 0 Å². The molecule has 0 aliphatic carbocycles. The number of aryl methyl sites for hydroxylation is 2. The maximum Gasteiger partial charge on any atom is 0.128 e. The summed E-state index contributed by atoms with van der Waals surface area (Å²) in [4.78, 5) is 0. The molecule has 2 aromatic rings. The lowest BCUT2D eigenvalue weighted by Crippen LogP contribution is -2.36. The number of hydrogen-bond acceptors (Lipinski definition) is 1. The van der Waals surface area contributed by atoms with Gasteiger partial charge in [0.05, 0.1) is 5.54 Å². The van der Waals surface area contributed by atoms with Crippen LogP contribution in [0.25, 0.3) is 0 Å². The molecule has 2 rings (SSSR count). The number of benzene rings is 2. The highest BCUT2D eigenvalue weighted by atomic mass is 19.1. The number of hydrogen-bond donors (Lipinski definition) is 1. The molecule has 0 radical (unpaired) electrons. The smallest absolute Gasteiger partial charge is 0.128 e. The summed E-state index contributed by atoms with van der Waals surface area (Å²) < 4.78 is 13.9. The van der Waals surface area contributed by atoms with Gasteiger partial charge in [0.25, 0.3) is 0 Å². The molecule has 0 fully saturated rings. The summed E-state index contributed by atoms with van der Waals surface area (Å²) in [5.41, 5.74) is 9.27. The molecule has 0 aromatic heterocycles. The van der Waals surface area contributed by atoms with Crippen LogP contribution in [0, 0.1) is 19.7 Å². The number of rotatable bonds is 2. The van der Waals surface area contributed by atoms with Crippen molar-refractivity contribution in [2.24, 2.45) is 5.73 Å². The molecule has 0 bridgehead atoms. The molecule has 2 heteroatoms. The van der Waals surface area contributed by atoms with E-state index in [1.54, 1.807) is 12.1 Å². The normalized spacial score (nSPS) is 14.3. The third-order valence-corrected chi connectivity index (χ3v) is 3.39. The first kappa shape index (κ1) is 12.8. The monoisotopic (exact) mass is 243 g/mol. The van der Waals surface area contributed by atoms with E-state index in [-0.39, 0.29) is 5.82 Å². The SMILES string of the molecule is Cc1ccc(C)c(C(C)(N)c2ccccc2F)c1. The van der Waals surface area contributed by atoms with Gasteiger partial charge in [-0.1, -0.05) is 42.0 Å². The van der Waals surface area contributed by atoms with E-state index in [1.165, 1.54) is 6.07 Å². The number of nitrogens with two attached hydrogens (primary N) is 1. The molecule has 0 heterocycles. The van der Waals surface area contributed by atoms with Gasteiger partial charge in [0, 0.05) is 5.56 Å². The fourth-order valence-corrected chi connectivity index (χ4v) is 2.32. The first-order valence-electron chi connectivity index (χ1n) is 6.04. The summed E-state index contributed by atoms with van der Waals surface area (Å²) in [5, 5.41) is 0. The van der Waals surface area contributed by atoms with Crippen LogP contribution in [0.4, 0.5) is 4.39 Å². The molecule has 2 aromatic carbocycles. The van der Waals surface area contributed by atoms with Crippen LogP contribution in [0.5, 0.6) is 0 Å². The van der Waals surface area contributed by atoms with Crippen molar-refractivity contribution >= 4 is 0 Å². The average molecular weight is 243 g/mol. The lowest BCUT2D eigenvalue weighted by atomic mass is 9.82. The van der Waals surface area contributed by atoms with Gasteiger partial charge in [-0.3, -0.25) is 0 Å². The van der Waals surface area contributed by atoms with E-state index in [9.17, 15) is 4.39 Å². The topological polar surface area (TPSA) is 26.0 Å². The second-order valence-corrected chi connectivity index (χ2v) is 5.00. The fraction of sp³-hybridized carbons (Fsp3) is 0.250. The Morgan fingerprint density at radius 1 is 1.00 bits per heavy atom. The molecule has 94 valence electrons. The van der Waals surface area contributed by atoms with Gasteiger partial charge in [-0.05, 0) is 38.0 Å². The van der Waals surface area contributed by atoms with Gasteiger partial charge in [0.1, 0.15) is 5.82 Å². The predicted molar refractivity (Wildman–Crippen MR) is 73.0 cm³/mol. The summed E-state index contributed by atoms with van der Waals surface area (Å²) in [6.45, 7) is 5.87. The molecule has 0 amide bonds. The third-order valence-electron chi connectivity index (χ3n) is 3.39.